The van der Waals surface area contributed by atoms with E-state index in [9.17, 15) is 13.2 Å². The van der Waals surface area contributed by atoms with E-state index in [1.54, 1.807) is 12.1 Å². The van der Waals surface area contributed by atoms with Gasteiger partial charge < -0.3 is 10.6 Å². The number of nitrogens with one attached hydrogen (secondary N) is 2. The summed E-state index contributed by atoms with van der Waals surface area (Å²) >= 11 is 0. The normalized spacial score (nSPS) is 11.0. The Labute approximate surface area is 136 Å². The molecule has 1 amide bonds. The molecular weight excluding hydrogens is 312 g/mol. The zero-order valence-corrected chi connectivity index (χ0v) is 14.0. The highest BCUT2D eigenvalue weighted by Gasteiger charge is 2.07. The van der Waals surface area contributed by atoms with Gasteiger partial charge in [-0.3, -0.25) is 4.79 Å². The van der Waals surface area contributed by atoms with Gasteiger partial charge in [0.1, 0.15) is 0 Å². The largest absolute Gasteiger partial charge is 0.376 e. The summed E-state index contributed by atoms with van der Waals surface area (Å²) < 4.78 is 22.7. The van der Waals surface area contributed by atoms with Gasteiger partial charge in [0, 0.05) is 17.6 Å². The van der Waals surface area contributed by atoms with Crippen molar-refractivity contribution in [1.82, 2.24) is 0 Å². The molecule has 0 spiro atoms. The first-order chi connectivity index (χ1) is 10.9. The first-order valence-electron chi connectivity index (χ1n) is 7.31. The van der Waals surface area contributed by atoms with Crippen LogP contribution in [0.4, 0.5) is 11.4 Å². The number of amides is 1. The molecule has 2 aromatic carbocycles. The standard InChI is InChI=1S/C17H20N2O3S/c1-3-13-4-6-14(7-5-13)18-12-17(20)19-15-8-10-16(11-9-15)23(2,21)22/h4-11,18H,3,12H2,1-2H3,(H,19,20). The van der Waals surface area contributed by atoms with Crippen LogP contribution in [0.2, 0.25) is 0 Å². The van der Waals surface area contributed by atoms with Crippen molar-refractivity contribution in [3.05, 3.63) is 54.1 Å². The summed E-state index contributed by atoms with van der Waals surface area (Å²) in [4.78, 5) is 12.1. The van der Waals surface area contributed by atoms with Crippen molar-refractivity contribution in [1.29, 1.82) is 0 Å². The molecule has 0 aliphatic heterocycles. The molecule has 0 heterocycles. The maximum atomic E-state index is 11.9. The Morgan fingerprint density at radius 3 is 2.04 bits per heavy atom. The quantitative estimate of drug-likeness (QED) is 0.853. The third kappa shape index (κ3) is 5.10. The second kappa shape index (κ2) is 7.28. The highest BCUT2D eigenvalue weighted by atomic mass is 32.2. The zero-order chi connectivity index (χ0) is 16.9. The van der Waals surface area contributed by atoms with Crippen LogP contribution in [0.15, 0.2) is 53.4 Å². The number of sulfone groups is 1. The molecule has 5 nitrogen and oxygen atoms in total. The number of hydrogen-bond donors (Lipinski definition) is 2. The van der Waals surface area contributed by atoms with Crippen molar-refractivity contribution in [2.75, 3.05) is 23.4 Å². The minimum Gasteiger partial charge on any atom is -0.376 e. The van der Waals surface area contributed by atoms with Crippen LogP contribution in [0.25, 0.3) is 0 Å². The Hall–Kier alpha value is -2.34. The summed E-state index contributed by atoms with van der Waals surface area (Å²) in [6.45, 7) is 2.23. The average Bonchev–Trinajstić information content (AvgIpc) is 2.53. The summed E-state index contributed by atoms with van der Waals surface area (Å²) in [5.41, 5.74) is 2.68. The van der Waals surface area contributed by atoms with E-state index in [4.69, 9.17) is 0 Å². The van der Waals surface area contributed by atoms with Crippen molar-refractivity contribution < 1.29 is 13.2 Å². The summed E-state index contributed by atoms with van der Waals surface area (Å²) in [7, 11) is -3.23. The third-order valence-corrected chi connectivity index (χ3v) is 4.51. The van der Waals surface area contributed by atoms with Crippen LogP contribution in [0.1, 0.15) is 12.5 Å². The van der Waals surface area contributed by atoms with Crippen molar-refractivity contribution >= 4 is 27.1 Å². The van der Waals surface area contributed by atoms with Gasteiger partial charge in [0.2, 0.25) is 5.91 Å². The van der Waals surface area contributed by atoms with Crippen LogP contribution < -0.4 is 10.6 Å². The molecule has 0 unspecified atom stereocenters. The van der Waals surface area contributed by atoms with E-state index in [0.29, 0.717) is 5.69 Å². The number of aryl methyl sites for hydroxylation is 1. The molecule has 0 bridgehead atoms. The monoisotopic (exact) mass is 332 g/mol. The molecule has 23 heavy (non-hydrogen) atoms. The second-order valence-electron chi connectivity index (χ2n) is 5.25. The molecule has 0 aliphatic carbocycles. The van der Waals surface area contributed by atoms with Crippen molar-refractivity contribution in [3.63, 3.8) is 0 Å². The van der Waals surface area contributed by atoms with E-state index in [-0.39, 0.29) is 17.3 Å². The second-order valence-corrected chi connectivity index (χ2v) is 7.26. The number of anilines is 2. The van der Waals surface area contributed by atoms with Crippen LogP contribution in [0, 0.1) is 0 Å². The molecule has 6 heteroatoms. The fourth-order valence-corrected chi connectivity index (χ4v) is 2.66. The molecule has 0 saturated carbocycles. The predicted molar refractivity (Wildman–Crippen MR) is 92.5 cm³/mol. The smallest absolute Gasteiger partial charge is 0.243 e. The van der Waals surface area contributed by atoms with Crippen molar-refractivity contribution in [3.8, 4) is 0 Å². The molecule has 2 rings (SSSR count). The maximum Gasteiger partial charge on any atom is 0.243 e. The number of rotatable bonds is 6. The minimum atomic E-state index is -3.23. The maximum absolute atomic E-state index is 11.9. The van der Waals surface area contributed by atoms with Crippen LogP contribution in [-0.4, -0.2) is 27.1 Å². The molecule has 122 valence electrons. The molecule has 2 N–H and O–H groups in total. The summed E-state index contributed by atoms with van der Waals surface area (Å²) in [6.07, 6.45) is 2.12. The fourth-order valence-electron chi connectivity index (χ4n) is 2.03. The van der Waals surface area contributed by atoms with Gasteiger partial charge in [-0.15, -0.1) is 0 Å². The van der Waals surface area contributed by atoms with Gasteiger partial charge in [-0.1, -0.05) is 19.1 Å². The predicted octanol–water partition coefficient (Wildman–Crippen LogP) is 2.70. The van der Waals surface area contributed by atoms with Gasteiger partial charge in [-0.05, 0) is 48.4 Å². The fraction of sp³-hybridized carbons (Fsp3) is 0.235. The molecular formula is C17H20N2O3S. The molecule has 0 aliphatic rings. The number of benzene rings is 2. The lowest BCUT2D eigenvalue weighted by atomic mass is 10.1. The lowest BCUT2D eigenvalue weighted by Gasteiger charge is -2.09. The van der Waals surface area contributed by atoms with Gasteiger partial charge in [0.25, 0.3) is 0 Å². The lowest BCUT2D eigenvalue weighted by Crippen LogP contribution is -2.21. The van der Waals surface area contributed by atoms with Crippen LogP contribution in [-0.2, 0) is 21.1 Å². The van der Waals surface area contributed by atoms with Crippen molar-refractivity contribution in [2.45, 2.75) is 18.2 Å². The Balaban J connectivity index is 1.89. The minimum absolute atomic E-state index is 0.138. The highest BCUT2D eigenvalue weighted by Crippen LogP contribution is 2.14. The van der Waals surface area contributed by atoms with Gasteiger partial charge >= 0.3 is 0 Å². The van der Waals surface area contributed by atoms with Gasteiger partial charge in [-0.2, -0.15) is 0 Å². The first-order valence-corrected chi connectivity index (χ1v) is 9.20. The molecule has 0 fully saturated rings. The Morgan fingerprint density at radius 1 is 0.957 bits per heavy atom. The van der Waals surface area contributed by atoms with Gasteiger partial charge in [0.05, 0.1) is 11.4 Å². The molecule has 0 aromatic heterocycles. The zero-order valence-electron chi connectivity index (χ0n) is 13.2. The first kappa shape index (κ1) is 17.0. The summed E-state index contributed by atoms with van der Waals surface area (Å²) in [5.74, 6) is -0.198. The van der Waals surface area contributed by atoms with E-state index in [2.05, 4.69) is 17.6 Å². The number of hydrogen-bond acceptors (Lipinski definition) is 4. The highest BCUT2D eigenvalue weighted by molar-refractivity contribution is 7.90. The Bertz CT molecular complexity index is 766. The van der Waals surface area contributed by atoms with Crippen LogP contribution >= 0.6 is 0 Å². The van der Waals surface area contributed by atoms with E-state index in [1.165, 1.54) is 17.7 Å². The Morgan fingerprint density at radius 2 is 1.52 bits per heavy atom. The lowest BCUT2D eigenvalue weighted by molar-refractivity contribution is -0.114. The molecule has 0 radical (unpaired) electrons. The number of carbonyl (C=O) groups excluding carboxylic acids is 1. The SMILES string of the molecule is CCc1ccc(NCC(=O)Nc2ccc(S(C)(=O)=O)cc2)cc1. The van der Waals surface area contributed by atoms with E-state index in [0.717, 1.165) is 18.4 Å². The molecule has 2 aromatic rings. The topological polar surface area (TPSA) is 75.3 Å². The van der Waals surface area contributed by atoms with Gasteiger partial charge in [-0.25, -0.2) is 8.42 Å². The van der Waals surface area contributed by atoms with E-state index in [1.807, 2.05) is 24.3 Å². The van der Waals surface area contributed by atoms with Crippen LogP contribution in [0.3, 0.4) is 0 Å². The Kier molecular flexibility index (Phi) is 5.39. The van der Waals surface area contributed by atoms with Crippen molar-refractivity contribution in [2.24, 2.45) is 0 Å². The summed E-state index contributed by atoms with van der Waals surface area (Å²) in [6, 6.07) is 14.0. The molecule has 0 atom stereocenters. The van der Waals surface area contributed by atoms with Crippen LogP contribution in [0.5, 0.6) is 0 Å². The van der Waals surface area contributed by atoms with E-state index >= 15 is 0 Å². The van der Waals surface area contributed by atoms with Gasteiger partial charge in [0.15, 0.2) is 9.84 Å². The number of carbonyl (C=O) groups is 1. The van der Waals surface area contributed by atoms with E-state index < -0.39 is 9.84 Å². The summed E-state index contributed by atoms with van der Waals surface area (Å²) in [5, 5.41) is 5.76. The average molecular weight is 332 g/mol. The third-order valence-electron chi connectivity index (χ3n) is 3.38. The molecule has 0 saturated heterocycles.